The average Bonchev–Trinajstić information content (AvgIpc) is 2.47. The minimum atomic E-state index is 0. The number of amides is 1. The van der Waals surface area contributed by atoms with Gasteiger partial charge in [-0.2, -0.15) is 0 Å². The lowest BCUT2D eigenvalue weighted by Crippen LogP contribution is -2.53. The Balaban J connectivity index is 0.00000220. The normalized spacial score (nSPS) is 17.8. The molecule has 0 bridgehead atoms. The molecular formula is C15H23ClN2O3. The number of carbonyl (C=O) groups excluding carboxylic acids is 1. The van der Waals surface area contributed by atoms with Crippen LogP contribution in [0.15, 0.2) is 24.3 Å². The summed E-state index contributed by atoms with van der Waals surface area (Å²) in [6.45, 7) is 7.14. The SMILES string of the molecule is CCOc1ccc(OCC(=O)N2CCNC[C@@H]2C)cc1.Cl. The van der Waals surface area contributed by atoms with Crippen molar-refractivity contribution in [2.75, 3.05) is 32.8 Å². The van der Waals surface area contributed by atoms with Gasteiger partial charge in [0.2, 0.25) is 0 Å². The predicted octanol–water partition coefficient (Wildman–Crippen LogP) is 1.71. The Morgan fingerprint density at radius 1 is 1.29 bits per heavy atom. The fourth-order valence-corrected chi connectivity index (χ4v) is 2.24. The first-order chi connectivity index (χ1) is 9.70. The molecular weight excluding hydrogens is 292 g/mol. The molecule has 21 heavy (non-hydrogen) atoms. The minimum Gasteiger partial charge on any atom is -0.494 e. The van der Waals surface area contributed by atoms with Gasteiger partial charge in [-0.1, -0.05) is 0 Å². The number of ether oxygens (including phenoxy) is 2. The molecule has 0 radical (unpaired) electrons. The predicted molar refractivity (Wildman–Crippen MR) is 84.4 cm³/mol. The summed E-state index contributed by atoms with van der Waals surface area (Å²) >= 11 is 0. The van der Waals surface area contributed by atoms with E-state index in [1.807, 2.05) is 43.0 Å². The van der Waals surface area contributed by atoms with E-state index in [0.29, 0.717) is 12.4 Å². The second kappa shape index (κ2) is 8.74. The minimum absolute atomic E-state index is 0. The van der Waals surface area contributed by atoms with E-state index in [4.69, 9.17) is 9.47 Å². The van der Waals surface area contributed by atoms with Gasteiger partial charge in [-0.3, -0.25) is 4.79 Å². The molecule has 118 valence electrons. The van der Waals surface area contributed by atoms with E-state index in [0.717, 1.165) is 25.4 Å². The van der Waals surface area contributed by atoms with Crippen molar-refractivity contribution in [3.63, 3.8) is 0 Å². The first-order valence-corrected chi connectivity index (χ1v) is 7.06. The van der Waals surface area contributed by atoms with Gasteiger partial charge in [-0.05, 0) is 38.1 Å². The van der Waals surface area contributed by atoms with E-state index in [1.165, 1.54) is 0 Å². The Labute approximate surface area is 132 Å². The van der Waals surface area contributed by atoms with Crippen LogP contribution in [-0.4, -0.2) is 49.7 Å². The van der Waals surface area contributed by atoms with Crippen LogP contribution in [0.25, 0.3) is 0 Å². The Morgan fingerprint density at radius 2 is 1.90 bits per heavy atom. The van der Waals surface area contributed by atoms with Gasteiger partial charge in [-0.15, -0.1) is 12.4 Å². The van der Waals surface area contributed by atoms with Crippen LogP contribution in [0.3, 0.4) is 0 Å². The summed E-state index contributed by atoms with van der Waals surface area (Å²) in [4.78, 5) is 14.0. The zero-order valence-electron chi connectivity index (χ0n) is 12.5. The van der Waals surface area contributed by atoms with Crippen LogP contribution in [0.1, 0.15) is 13.8 Å². The monoisotopic (exact) mass is 314 g/mol. The van der Waals surface area contributed by atoms with E-state index < -0.39 is 0 Å². The Kier molecular flexibility index (Phi) is 7.32. The first kappa shape index (κ1) is 17.6. The van der Waals surface area contributed by atoms with Crippen molar-refractivity contribution >= 4 is 18.3 Å². The molecule has 1 amide bonds. The van der Waals surface area contributed by atoms with Crippen LogP contribution in [0.5, 0.6) is 11.5 Å². The van der Waals surface area contributed by atoms with Gasteiger partial charge >= 0.3 is 0 Å². The molecule has 1 aromatic rings. The van der Waals surface area contributed by atoms with Gasteiger partial charge < -0.3 is 19.7 Å². The van der Waals surface area contributed by atoms with E-state index in [2.05, 4.69) is 5.32 Å². The van der Waals surface area contributed by atoms with Crippen molar-refractivity contribution in [1.82, 2.24) is 10.2 Å². The van der Waals surface area contributed by atoms with E-state index >= 15 is 0 Å². The molecule has 1 atom stereocenters. The maximum Gasteiger partial charge on any atom is 0.260 e. The summed E-state index contributed by atoms with van der Waals surface area (Å²) in [5.41, 5.74) is 0. The molecule has 1 aromatic carbocycles. The van der Waals surface area contributed by atoms with Crippen molar-refractivity contribution < 1.29 is 14.3 Å². The van der Waals surface area contributed by atoms with Gasteiger partial charge in [0.05, 0.1) is 6.61 Å². The molecule has 2 rings (SSSR count). The molecule has 1 heterocycles. The highest BCUT2D eigenvalue weighted by Crippen LogP contribution is 2.17. The quantitative estimate of drug-likeness (QED) is 0.899. The summed E-state index contributed by atoms with van der Waals surface area (Å²) in [7, 11) is 0. The highest BCUT2D eigenvalue weighted by atomic mass is 35.5. The second-order valence-corrected chi connectivity index (χ2v) is 4.83. The maximum atomic E-state index is 12.1. The number of carbonyl (C=O) groups is 1. The fourth-order valence-electron chi connectivity index (χ4n) is 2.24. The van der Waals surface area contributed by atoms with Gasteiger partial charge in [0, 0.05) is 25.7 Å². The largest absolute Gasteiger partial charge is 0.494 e. The molecule has 1 fully saturated rings. The van der Waals surface area contributed by atoms with E-state index in [9.17, 15) is 4.79 Å². The lowest BCUT2D eigenvalue weighted by atomic mass is 10.2. The van der Waals surface area contributed by atoms with E-state index in [-0.39, 0.29) is 31.0 Å². The molecule has 5 nitrogen and oxygen atoms in total. The van der Waals surface area contributed by atoms with Crippen LogP contribution < -0.4 is 14.8 Å². The zero-order valence-corrected chi connectivity index (χ0v) is 13.3. The van der Waals surface area contributed by atoms with Crippen molar-refractivity contribution in [1.29, 1.82) is 0 Å². The molecule has 1 aliphatic rings. The summed E-state index contributed by atoms with van der Waals surface area (Å²) < 4.78 is 10.9. The molecule has 0 unspecified atom stereocenters. The van der Waals surface area contributed by atoms with Crippen molar-refractivity contribution in [3.05, 3.63) is 24.3 Å². The number of nitrogens with zero attached hydrogens (tertiary/aromatic N) is 1. The van der Waals surface area contributed by atoms with Crippen LogP contribution in [-0.2, 0) is 4.79 Å². The van der Waals surface area contributed by atoms with Gasteiger partial charge in [0.15, 0.2) is 6.61 Å². The third kappa shape index (κ3) is 5.10. The molecule has 0 aliphatic carbocycles. The third-order valence-electron chi connectivity index (χ3n) is 3.32. The number of benzene rings is 1. The number of hydrogen-bond donors (Lipinski definition) is 1. The van der Waals surface area contributed by atoms with Gasteiger partial charge in [0.1, 0.15) is 11.5 Å². The van der Waals surface area contributed by atoms with Crippen molar-refractivity contribution in [2.24, 2.45) is 0 Å². The molecule has 1 aliphatic heterocycles. The molecule has 1 N–H and O–H groups in total. The average molecular weight is 315 g/mol. The molecule has 1 saturated heterocycles. The molecule has 0 spiro atoms. The highest BCUT2D eigenvalue weighted by molar-refractivity contribution is 5.85. The number of rotatable bonds is 5. The van der Waals surface area contributed by atoms with Crippen molar-refractivity contribution in [2.45, 2.75) is 19.9 Å². The molecule has 6 heteroatoms. The van der Waals surface area contributed by atoms with Crippen LogP contribution in [0.4, 0.5) is 0 Å². The number of halogens is 1. The Hall–Kier alpha value is -1.46. The summed E-state index contributed by atoms with van der Waals surface area (Å²) in [6, 6.07) is 7.55. The second-order valence-electron chi connectivity index (χ2n) is 4.83. The van der Waals surface area contributed by atoms with Crippen LogP contribution >= 0.6 is 12.4 Å². The maximum absolute atomic E-state index is 12.1. The third-order valence-corrected chi connectivity index (χ3v) is 3.32. The summed E-state index contributed by atoms with van der Waals surface area (Å²) in [5.74, 6) is 1.53. The van der Waals surface area contributed by atoms with Crippen molar-refractivity contribution in [3.8, 4) is 11.5 Å². The number of piperazine rings is 1. The zero-order chi connectivity index (χ0) is 14.4. The molecule has 0 saturated carbocycles. The highest BCUT2D eigenvalue weighted by Gasteiger charge is 2.22. The lowest BCUT2D eigenvalue weighted by molar-refractivity contribution is -0.136. The topological polar surface area (TPSA) is 50.8 Å². The van der Waals surface area contributed by atoms with Crippen LogP contribution in [0, 0.1) is 0 Å². The number of hydrogen-bond acceptors (Lipinski definition) is 4. The standard InChI is InChI=1S/C15H22N2O3.ClH/c1-3-19-13-4-6-14(7-5-13)20-11-15(18)17-9-8-16-10-12(17)2;/h4-7,12,16H,3,8-11H2,1-2H3;1H/t12-;/m0./s1. The summed E-state index contributed by atoms with van der Waals surface area (Å²) in [5, 5.41) is 3.26. The lowest BCUT2D eigenvalue weighted by Gasteiger charge is -2.33. The first-order valence-electron chi connectivity index (χ1n) is 7.06. The Bertz CT molecular complexity index is 439. The fraction of sp³-hybridized carbons (Fsp3) is 0.533. The van der Waals surface area contributed by atoms with E-state index in [1.54, 1.807) is 0 Å². The summed E-state index contributed by atoms with van der Waals surface area (Å²) in [6.07, 6.45) is 0. The van der Waals surface area contributed by atoms with Gasteiger partial charge in [0.25, 0.3) is 5.91 Å². The Morgan fingerprint density at radius 3 is 2.48 bits per heavy atom. The smallest absolute Gasteiger partial charge is 0.260 e. The molecule has 0 aromatic heterocycles. The van der Waals surface area contributed by atoms with Gasteiger partial charge in [-0.25, -0.2) is 0 Å². The number of nitrogens with one attached hydrogen (secondary N) is 1. The van der Waals surface area contributed by atoms with Crippen LogP contribution in [0.2, 0.25) is 0 Å².